The van der Waals surface area contributed by atoms with Gasteiger partial charge in [0.1, 0.15) is 5.37 Å². The third kappa shape index (κ3) is 6.44. The van der Waals surface area contributed by atoms with Crippen LogP contribution < -0.4 is 10.0 Å². The number of sulfonamides is 1. The first kappa shape index (κ1) is 26.8. The van der Waals surface area contributed by atoms with Gasteiger partial charge in [-0.1, -0.05) is 54.1 Å². The highest BCUT2D eigenvalue weighted by Gasteiger charge is 2.32. The lowest BCUT2D eigenvalue weighted by molar-refractivity contribution is -0.128. The van der Waals surface area contributed by atoms with Crippen molar-refractivity contribution in [2.45, 2.75) is 16.8 Å². The first-order valence-electron chi connectivity index (χ1n) is 12.0. The Balaban J connectivity index is 1.22. The first-order chi connectivity index (χ1) is 18.8. The highest BCUT2D eigenvalue weighted by Crippen LogP contribution is 2.39. The molecule has 1 aliphatic heterocycles. The molecule has 1 fully saturated rings. The van der Waals surface area contributed by atoms with Crippen LogP contribution in [-0.4, -0.2) is 30.9 Å². The zero-order chi connectivity index (χ0) is 27.4. The molecule has 4 aromatic rings. The van der Waals surface area contributed by atoms with Crippen molar-refractivity contribution in [3.8, 4) is 0 Å². The largest absolute Gasteiger partial charge is 0.322 e. The number of hydrogen-bond acceptors (Lipinski definition) is 5. The highest BCUT2D eigenvalue weighted by atomic mass is 35.5. The topological polar surface area (TPSA) is 95.6 Å². The molecule has 2 N–H and O–H groups in total. The summed E-state index contributed by atoms with van der Waals surface area (Å²) in [6.07, 6.45) is 0. The van der Waals surface area contributed by atoms with Crippen LogP contribution in [0.25, 0.3) is 0 Å². The molecule has 1 heterocycles. The van der Waals surface area contributed by atoms with Gasteiger partial charge in [0.2, 0.25) is 5.91 Å². The number of carbonyl (C=O) groups is 2. The molecule has 0 radical (unpaired) electrons. The van der Waals surface area contributed by atoms with E-state index in [4.69, 9.17) is 11.6 Å². The molecule has 0 saturated carbocycles. The van der Waals surface area contributed by atoms with Crippen LogP contribution in [0.1, 0.15) is 26.9 Å². The predicted molar refractivity (Wildman–Crippen MR) is 155 cm³/mol. The number of hydrogen-bond donors (Lipinski definition) is 2. The van der Waals surface area contributed by atoms with E-state index < -0.39 is 10.0 Å². The van der Waals surface area contributed by atoms with E-state index in [9.17, 15) is 18.0 Å². The van der Waals surface area contributed by atoms with Crippen LogP contribution in [0.3, 0.4) is 0 Å². The molecule has 0 aromatic heterocycles. The Hall–Kier alpha value is -3.79. The molecule has 0 unspecified atom stereocenters. The summed E-state index contributed by atoms with van der Waals surface area (Å²) in [4.78, 5) is 27.3. The Morgan fingerprint density at radius 2 is 1.51 bits per heavy atom. The molecule has 1 saturated heterocycles. The average Bonchev–Trinajstić information content (AvgIpc) is 3.30. The number of carbonyl (C=O) groups excluding carboxylic acids is 2. The van der Waals surface area contributed by atoms with Crippen molar-refractivity contribution in [3.63, 3.8) is 0 Å². The molecule has 0 bridgehead atoms. The van der Waals surface area contributed by atoms with Gasteiger partial charge in [0, 0.05) is 28.5 Å². The van der Waals surface area contributed by atoms with Crippen LogP contribution in [0, 0.1) is 0 Å². The van der Waals surface area contributed by atoms with Crippen molar-refractivity contribution in [2.75, 3.05) is 15.8 Å². The maximum atomic E-state index is 12.8. The minimum absolute atomic E-state index is 0.0588. The van der Waals surface area contributed by atoms with Crippen LogP contribution in [0.5, 0.6) is 0 Å². The molecule has 0 aliphatic carbocycles. The summed E-state index contributed by atoms with van der Waals surface area (Å²) in [7, 11) is -3.80. The minimum Gasteiger partial charge on any atom is -0.322 e. The number of nitrogens with one attached hydrogen (secondary N) is 2. The van der Waals surface area contributed by atoms with Crippen molar-refractivity contribution < 1.29 is 18.0 Å². The van der Waals surface area contributed by atoms with Gasteiger partial charge in [-0.3, -0.25) is 14.3 Å². The SMILES string of the molecule is O=C(Nc1ccc(S(=O)(=O)Nc2ccc(Cl)cc2)cc1)c1ccc([C@@H]2SCC(=O)N2Cc2ccccc2)cc1. The summed E-state index contributed by atoms with van der Waals surface area (Å²) in [6.45, 7) is 0.528. The van der Waals surface area contributed by atoms with E-state index >= 15 is 0 Å². The number of rotatable bonds is 8. The molecule has 0 spiro atoms. The Morgan fingerprint density at radius 1 is 0.872 bits per heavy atom. The molecule has 5 rings (SSSR count). The quantitative estimate of drug-likeness (QED) is 0.261. The normalized spacial score (nSPS) is 15.3. The van der Waals surface area contributed by atoms with E-state index in [2.05, 4.69) is 10.0 Å². The molecular formula is C29H24ClN3O4S2. The van der Waals surface area contributed by atoms with Gasteiger partial charge in [-0.15, -0.1) is 11.8 Å². The fourth-order valence-electron chi connectivity index (χ4n) is 4.13. The molecule has 1 aliphatic rings. The Morgan fingerprint density at radius 3 is 2.18 bits per heavy atom. The van der Waals surface area contributed by atoms with Gasteiger partial charge in [0.15, 0.2) is 0 Å². The third-order valence-corrected chi connectivity index (χ3v) is 9.05. The molecule has 39 heavy (non-hydrogen) atoms. The lowest BCUT2D eigenvalue weighted by Crippen LogP contribution is -2.27. The Labute approximate surface area is 236 Å². The summed E-state index contributed by atoms with van der Waals surface area (Å²) in [5, 5.41) is 3.18. The van der Waals surface area contributed by atoms with Crippen LogP contribution in [0.4, 0.5) is 11.4 Å². The summed E-state index contributed by atoms with van der Waals surface area (Å²) in [5.41, 5.74) is 3.31. The van der Waals surface area contributed by atoms with Crippen molar-refractivity contribution in [3.05, 3.63) is 125 Å². The van der Waals surface area contributed by atoms with Crippen LogP contribution in [0.15, 0.2) is 108 Å². The van der Waals surface area contributed by atoms with E-state index in [1.165, 1.54) is 24.3 Å². The van der Waals surface area contributed by atoms with E-state index in [0.717, 1.165) is 11.1 Å². The summed E-state index contributed by atoms with van der Waals surface area (Å²) in [5.74, 6) is 0.179. The zero-order valence-electron chi connectivity index (χ0n) is 20.6. The van der Waals surface area contributed by atoms with Crippen molar-refractivity contribution >= 4 is 56.6 Å². The minimum atomic E-state index is -3.80. The van der Waals surface area contributed by atoms with E-state index in [-0.39, 0.29) is 22.1 Å². The fraction of sp³-hybridized carbons (Fsp3) is 0.103. The van der Waals surface area contributed by atoms with E-state index in [0.29, 0.717) is 34.3 Å². The third-order valence-electron chi connectivity index (χ3n) is 6.14. The van der Waals surface area contributed by atoms with Gasteiger partial charge in [-0.05, 0) is 71.8 Å². The molecular weight excluding hydrogens is 554 g/mol. The van der Waals surface area contributed by atoms with Crippen molar-refractivity contribution in [1.82, 2.24) is 4.90 Å². The molecule has 4 aromatic carbocycles. The van der Waals surface area contributed by atoms with Gasteiger partial charge < -0.3 is 10.2 Å². The standard InChI is InChI=1S/C29H24ClN3O4S2/c30-23-10-12-25(13-11-23)32-39(36,37)26-16-14-24(15-17-26)31-28(35)21-6-8-22(9-7-21)29-33(27(34)19-38-29)18-20-4-2-1-3-5-20/h1-17,29,32H,18-19H2,(H,31,35)/t29-/m0/s1. The summed E-state index contributed by atoms with van der Waals surface area (Å²) >= 11 is 7.42. The van der Waals surface area contributed by atoms with Crippen molar-refractivity contribution in [1.29, 1.82) is 0 Å². The number of thioether (sulfide) groups is 1. The Kier molecular flexibility index (Phi) is 7.92. The number of benzene rings is 4. The monoisotopic (exact) mass is 577 g/mol. The fourth-order valence-corrected chi connectivity index (χ4v) is 6.51. The van der Waals surface area contributed by atoms with Crippen LogP contribution >= 0.6 is 23.4 Å². The number of amides is 2. The van der Waals surface area contributed by atoms with Gasteiger partial charge >= 0.3 is 0 Å². The van der Waals surface area contributed by atoms with Crippen LogP contribution in [-0.2, 0) is 21.4 Å². The first-order valence-corrected chi connectivity index (χ1v) is 14.9. The van der Waals surface area contributed by atoms with Gasteiger partial charge in [0.05, 0.1) is 10.6 Å². The molecule has 1 atom stereocenters. The van der Waals surface area contributed by atoms with Crippen molar-refractivity contribution in [2.24, 2.45) is 0 Å². The van der Waals surface area contributed by atoms with Gasteiger partial charge in [-0.2, -0.15) is 0 Å². The smallest absolute Gasteiger partial charge is 0.261 e. The molecule has 2 amide bonds. The molecule has 10 heteroatoms. The lowest BCUT2D eigenvalue weighted by Gasteiger charge is -2.24. The maximum absolute atomic E-state index is 12.8. The highest BCUT2D eigenvalue weighted by molar-refractivity contribution is 8.00. The average molecular weight is 578 g/mol. The molecule has 7 nitrogen and oxygen atoms in total. The predicted octanol–water partition coefficient (Wildman–Crippen LogP) is 6.17. The lowest BCUT2D eigenvalue weighted by atomic mass is 10.1. The summed E-state index contributed by atoms with van der Waals surface area (Å²) < 4.78 is 27.8. The van der Waals surface area contributed by atoms with E-state index in [1.54, 1.807) is 48.2 Å². The summed E-state index contributed by atoms with van der Waals surface area (Å²) in [6, 6.07) is 29.3. The van der Waals surface area contributed by atoms with Crippen LogP contribution in [0.2, 0.25) is 5.02 Å². The number of halogens is 1. The Bertz CT molecular complexity index is 1580. The second-order valence-corrected chi connectivity index (χ2v) is 12.1. The van der Waals surface area contributed by atoms with Gasteiger partial charge in [-0.25, -0.2) is 8.42 Å². The molecule has 198 valence electrons. The maximum Gasteiger partial charge on any atom is 0.261 e. The second-order valence-electron chi connectivity index (χ2n) is 8.88. The zero-order valence-corrected chi connectivity index (χ0v) is 23.0. The van der Waals surface area contributed by atoms with Gasteiger partial charge in [0.25, 0.3) is 15.9 Å². The number of anilines is 2. The number of nitrogens with zero attached hydrogens (tertiary/aromatic N) is 1. The second kappa shape index (κ2) is 11.5. The van der Waals surface area contributed by atoms with E-state index in [1.807, 2.05) is 47.4 Å².